The minimum atomic E-state index is -1.10. The van der Waals surface area contributed by atoms with Crippen molar-refractivity contribution >= 4 is 23.7 Å². The van der Waals surface area contributed by atoms with Crippen molar-refractivity contribution in [2.45, 2.75) is 25.4 Å². The first kappa shape index (κ1) is 25.6. The second-order valence-electron chi connectivity index (χ2n) is 8.57. The number of carboxylic acids is 1. The molecule has 0 unspecified atom stereocenters. The Morgan fingerprint density at radius 2 is 1.49 bits per heavy atom. The highest BCUT2D eigenvalue weighted by Gasteiger charge is 2.24. The third-order valence-corrected chi connectivity index (χ3v) is 5.96. The molecule has 1 fully saturated rings. The average Bonchev–Trinajstić information content (AvgIpc) is 2.91. The number of carboxylic acid groups (broad SMARTS) is 1. The average molecular weight is 505 g/mol. The van der Waals surface area contributed by atoms with E-state index in [0.29, 0.717) is 24.6 Å². The zero-order valence-electron chi connectivity index (χ0n) is 20.4. The van der Waals surface area contributed by atoms with Gasteiger partial charge in [0.15, 0.2) is 0 Å². The number of rotatable bonds is 8. The number of hydrogen-bond acceptors (Lipinski definition) is 6. The van der Waals surface area contributed by atoms with E-state index in [1.165, 1.54) is 13.2 Å². The number of piperidine rings is 1. The largest absolute Gasteiger partial charge is 0.490 e. The molecule has 0 aliphatic carbocycles. The molecule has 0 radical (unpaired) electrons. The van der Waals surface area contributed by atoms with Crippen LogP contribution < -0.4 is 14.8 Å². The molecule has 1 saturated heterocycles. The molecule has 3 aromatic rings. The van der Waals surface area contributed by atoms with Crippen molar-refractivity contribution in [3.63, 3.8) is 0 Å². The fourth-order valence-electron chi connectivity index (χ4n) is 4.03. The van der Waals surface area contributed by atoms with Crippen LogP contribution in [0.5, 0.6) is 17.2 Å². The number of nitrogens with one attached hydrogen (secondary N) is 1. The Hall–Kier alpha value is -4.53. The first-order valence-electron chi connectivity index (χ1n) is 11.9. The number of amides is 2. The number of aromatic carboxylic acids is 1. The Morgan fingerprint density at radius 1 is 0.892 bits per heavy atom. The number of hydrogen-bond donors (Lipinski definition) is 2. The molecule has 0 saturated carbocycles. The smallest absolute Gasteiger partial charge is 0.409 e. The van der Waals surface area contributed by atoms with Gasteiger partial charge in [-0.15, -0.1) is 0 Å². The van der Waals surface area contributed by atoms with Crippen molar-refractivity contribution in [2.24, 2.45) is 0 Å². The van der Waals surface area contributed by atoms with Gasteiger partial charge < -0.3 is 29.5 Å². The maximum absolute atomic E-state index is 12.4. The van der Waals surface area contributed by atoms with Gasteiger partial charge in [0.25, 0.3) is 0 Å². The Labute approximate surface area is 214 Å². The van der Waals surface area contributed by atoms with E-state index in [9.17, 15) is 19.5 Å². The number of anilines is 1. The number of carbonyl (C=O) groups is 3. The van der Waals surface area contributed by atoms with Crippen molar-refractivity contribution in [1.29, 1.82) is 0 Å². The van der Waals surface area contributed by atoms with Crippen molar-refractivity contribution in [3.8, 4) is 17.2 Å². The van der Waals surface area contributed by atoms with E-state index in [1.807, 2.05) is 24.3 Å². The van der Waals surface area contributed by atoms with Crippen molar-refractivity contribution < 1.29 is 33.7 Å². The van der Waals surface area contributed by atoms with E-state index in [0.717, 1.165) is 24.2 Å². The first-order chi connectivity index (χ1) is 17.9. The lowest BCUT2D eigenvalue weighted by molar-refractivity contribution is -0.115. The molecule has 0 atom stereocenters. The first-order valence-corrected chi connectivity index (χ1v) is 11.9. The minimum Gasteiger partial charge on any atom is -0.490 e. The van der Waals surface area contributed by atoms with Gasteiger partial charge in [0.05, 0.1) is 24.8 Å². The van der Waals surface area contributed by atoms with Crippen molar-refractivity contribution in [2.75, 3.05) is 25.5 Å². The normalized spacial score (nSPS) is 13.5. The highest BCUT2D eigenvalue weighted by atomic mass is 16.5. The molecule has 1 heterocycles. The summed E-state index contributed by atoms with van der Waals surface area (Å²) >= 11 is 0. The van der Waals surface area contributed by atoms with Crippen LogP contribution in [0.1, 0.15) is 28.8 Å². The Kier molecular flexibility index (Phi) is 8.25. The molecule has 0 spiro atoms. The second-order valence-corrected chi connectivity index (χ2v) is 8.57. The Balaban J connectivity index is 1.26. The lowest BCUT2D eigenvalue weighted by Gasteiger charge is -2.31. The number of likely N-dealkylation sites (tertiary alicyclic amines) is 1. The fourth-order valence-corrected chi connectivity index (χ4v) is 4.03. The predicted molar refractivity (Wildman–Crippen MR) is 136 cm³/mol. The summed E-state index contributed by atoms with van der Waals surface area (Å²) in [7, 11) is 1.38. The van der Waals surface area contributed by atoms with E-state index >= 15 is 0 Å². The van der Waals surface area contributed by atoms with Gasteiger partial charge in [-0.1, -0.05) is 24.3 Å². The van der Waals surface area contributed by atoms with Crippen LogP contribution in [0.25, 0.3) is 0 Å². The molecule has 1 aliphatic heterocycles. The standard InChI is InChI=1S/C28H28N2O7/c1-35-28(34)30-16-14-23(15-17-30)37-22-12-10-21(11-13-22)36-20-8-6-19(7-9-20)18-26(31)29-25-5-3-2-4-24(25)27(32)33/h2-13,23H,14-18H2,1H3,(H,29,31)(H,32,33). The lowest BCUT2D eigenvalue weighted by atomic mass is 10.1. The van der Waals surface area contributed by atoms with Crippen LogP contribution in [-0.4, -0.2) is 54.3 Å². The zero-order valence-corrected chi connectivity index (χ0v) is 20.4. The van der Waals surface area contributed by atoms with Gasteiger partial charge in [-0.25, -0.2) is 9.59 Å². The molecule has 9 nitrogen and oxygen atoms in total. The van der Waals surface area contributed by atoms with Gasteiger partial charge in [-0.05, 0) is 54.1 Å². The minimum absolute atomic E-state index is 0.0371. The van der Waals surface area contributed by atoms with Crippen LogP contribution in [0, 0.1) is 0 Å². The molecule has 9 heteroatoms. The third kappa shape index (κ3) is 7.00. The van der Waals surface area contributed by atoms with Gasteiger partial charge in [0, 0.05) is 25.9 Å². The van der Waals surface area contributed by atoms with Crippen LogP contribution >= 0.6 is 0 Å². The van der Waals surface area contributed by atoms with Gasteiger partial charge in [-0.3, -0.25) is 4.79 Å². The zero-order chi connectivity index (χ0) is 26.2. The molecule has 2 N–H and O–H groups in total. The van der Waals surface area contributed by atoms with Crippen LogP contribution in [0.4, 0.5) is 10.5 Å². The molecule has 4 rings (SSSR count). The second kappa shape index (κ2) is 11.9. The number of nitrogens with zero attached hydrogens (tertiary/aromatic N) is 1. The monoisotopic (exact) mass is 504 g/mol. The lowest BCUT2D eigenvalue weighted by Crippen LogP contribution is -2.41. The van der Waals surface area contributed by atoms with Gasteiger partial charge in [0.1, 0.15) is 23.4 Å². The highest BCUT2D eigenvalue weighted by molar-refractivity contribution is 6.01. The van der Waals surface area contributed by atoms with Crippen LogP contribution in [0.15, 0.2) is 72.8 Å². The van der Waals surface area contributed by atoms with Crippen molar-refractivity contribution in [3.05, 3.63) is 83.9 Å². The molecule has 0 bridgehead atoms. The topological polar surface area (TPSA) is 114 Å². The maximum atomic E-state index is 12.4. The maximum Gasteiger partial charge on any atom is 0.409 e. The summed E-state index contributed by atoms with van der Waals surface area (Å²) in [6, 6.07) is 20.7. The fraction of sp³-hybridized carbons (Fsp3) is 0.250. The van der Waals surface area contributed by atoms with Crippen LogP contribution in [0.2, 0.25) is 0 Å². The summed E-state index contributed by atoms with van der Waals surface area (Å²) in [5.41, 5.74) is 1.07. The molecule has 3 aromatic carbocycles. The summed E-state index contributed by atoms with van der Waals surface area (Å²) in [5.74, 6) is 0.578. The molecule has 37 heavy (non-hydrogen) atoms. The summed E-state index contributed by atoms with van der Waals surface area (Å²) in [5, 5.41) is 11.9. The Morgan fingerprint density at radius 3 is 2.11 bits per heavy atom. The summed E-state index contributed by atoms with van der Waals surface area (Å²) in [6.45, 7) is 1.21. The number of benzene rings is 3. The van der Waals surface area contributed by atoms with Crippen LogP contribution in [0.3, 0.4) is 0 Å². The van der Waals surface area contributed by atoms with Gasteiger partial charge in [-0.2, -0.15) is 0 Å². The van der Waals surface area contributed by atoms with E-state index in [-0.39, 0.29) is 35.8 Å². The van der Waals surface area contributed by atoms with E-state index in [4.69, 9.17) is 14.2 Å². The quantitative estimate of drug-likeness (QED) is 0.445. The summed E-state index contributed by atoms with van der Waals surface area (Å²) < 4.78 is 16.7. The predicted octanol–water partition coefficient (Wildman–Crippen LogP) is 4.97. The number of para-hydroxylation sites is 1. The highest BCUT2D eigenvalue weighted by Crippen LogP contribution is 2.26. The number of methoxy groups -OCH3 is 1. The number of carbonyl (C=O) groups excluding carboxylic acids is 2. The van der Waals surface area contributed by atoms with E-state index in [1.54, 1.807) is 47.4 Å². The van der Waals surface area contributed by atoms with Crippen molar-refractivity contribution in [1.82, 2.24) is 4.90 Å². The summed E-state index contributed by atoms with van der Waals surface area (Å²) in [6.07, 6.45) is 1.31. The molecule has 0 aromatic heterocycles. The third-order valence-electron chi connectivity index (χ3n) is 5.96. The SMILES string of the molecule is COC(=O)N1CCC(Oc2ccc(Oc3ccc(CC(=O)Nc4ccccc4C(=O)O)cc3)cc2)CC1. The van der Waals surface area contributed by atoms with E-state index in [2.05, 4.69) is 5.32 Å². The molecule has 192 valence electrons. The molecular formula is C28H28N2O7. The molecular weight excluding hydrogens is 476 g/mol. The van der Waals surface area contributed by atoms with Gasteiger partial charge in [0.2, 0.25) is 5.91 Å². The number of ether oxygens (including phenoxy) is 3. The van der Waals surface area contributed by atoms with E-state index < -0.39 is 5.97 Å². The van der Waals surface area contributed by atoms with Gasteiger partial charge >= 0.3 is 12.1 Å². The van der Waals surface area contributed by atoms with Crippen LogP contribution in [-0.2, 0) is 16.0 Å². The molecule has 1 aliphatic rings. The Bertz CT molecular complexity index is 1230. The summed E-state index contributed by atoms with van der Waals surface area (Å²) in [4.78, 5) is 37.0. The molecule has 2 amide bonds.